The van der Waals surface area contributed by atoms with Gasteiger partial charge in [0, 0.05) is 13.1 Å². The van der Waals surface area contributed by atoms with Crippen LogP contribution in [0, 0.1) is 6.92 Å². The van der Waals surface area contributed by atoms with E-state index in [-0.39, 0.29) is 6.10 Å². The lowest BCUT2D eigenvalue weighted by Crippen LogP contribution is -2.40. The fourth-order valence-corrected chi connectivity index (χ4v) is 2.01. The van der Waals surface area contributed by atoms with E-state index in [1.54, 1.807) is 0 Å². The highest BCUT2D eigenvalue weighted by Gasteiger charge is 2.21. The minimum Gasteiger partial charge on any atom is -0.487 e. The van der Waals surface area contributed by atoms with Crippen molar-refractivity contribution in [2.24, 2.45) is 5.73 Å². The highest BCUT2D eigenvalue weighted by Crippen LogP contribution is 2.33. The molecule has 82 valence electrons. The van der Waals surface area contributed by atoms with Gasteiger partial charge in [-0.1, -0.05) is 6.07 Å². The zero-order valence-corrected chi connectivity index (χ0v) is 9.36. The molecule has 3 heteroatoms. The predicted molar refractivity (Wildman–Crippen MR) is 62.5 cm³/mol. The van der Waals surface area contributed by atoms with E-state index < -0.39 is 0 Å². The van der Waals surface area contributed by atoms with E-state index in [9.17, 15) is 0 Å². The molecule has 1 aliphatic heterocycles. The Bertz CT molecular complexity index is 351. The quantitative estimate of drug-likeness (QED) is 0.797. The Morgan fingerprint density at radius 2 is 2.33 bits per heavy atom. The summed E-state index contributed by atoms with van der Waals surface area (Å²) >= 11 is 0. The summed E-state index contributed by atoms with van der Waals surface area (Å²) < 4.78 is 5.81. The molecule has 1 atom stereocenters. The summed E-state index contributed by atoms with van der Waals surface area (Å²) in [5.74, 6) is 0.988. The van der Waals surface area contributed by atoms with Gasteiger partial charge in [-0.25, -0.2) is 0 Å². The third-order valence-corrected chi connectivity index (χ3v) is 2.66. The van der Waals surface area contributed by atoms with Gasteiger partial charge in [0.2, 0.25) is 0 Å². The summed E-state index contributed by atoms with van der Waals surface area (Å²) in [6.07, 6.45) is 0.242. The largest absolute Gasteiger partial charge is 0.487 e. The fourth-order valence-electron chi connectivity index (χ4n) is 2.01. The number of rotatable bonds is 2. The van der Waals surface area contributed by atoms with Gasteiger partial charge in [-0.3, -0.25) is 0 Å². The average Bonchev–Trinajstić information content (AvgIpc) is 2.17. The third-order valence-electron chi connectivity index (χ3n) is 2.66. The molecule has 3 nitrogen and oxygen atoms in total. The molecule has 0 fully saturated rings. The highest BCUT2D eigenvalue weighted by molar-refractivity contribution is 5.61. The van der Waals surface area contributed by atoms with Crippen molar-refractivity contribution in [3.05, 3.63) is 23.8 Å². The first-order valence-electron chi connectivity index (χ1n) is 5.43. The topological polar surface area (TPSA) is 38.5 Å². The van der Waals surface area contributed by atoms with E-state index in [2.05, 4.69) is 36.9 Å². The Morgan fingerprint density at radius 1 is 1.53 bits per heavy atom. The Hall–Kier alpha value is -1.22. The zero-order valence-electron chi connectivity index (χ0n) is 9.36. The van der Waals surface area contributed by atoms with Gasteiger partial charge in [-0.05, 0) is 31.5 Å². The van der Waals surface area contributed by atoms with E-state index in [0.29, 0.717) is 6.54 Å². The Morgan fingerprint density at radius 3 is 3.07 bits per heavy atom. The van der Waals surface area contributed by atoms with Crippen LogP contribution in [0.4, 0.5) is 5.69 Å². The Balaban J connectivity index is 2.33. The summed E-state index contributed by atoms with van der Waals surface area (Å²) in [5, 5.41) is 0. The lowest BCUT2D eigenvalue weighted by Gasteiger charge is -2.34. The van der Waals surface area contributed by atoms with Crippen molar-refractivity contribution < 1.29 is 4.74 Å². The van der Waals surface area contributed by atoms with Gasteiger partial charge in [0.1, 0.15) is 11.9 Å². The molecular formula is C12H18N2O. The molecule has 0 aromatic heterocycles. The summed E-state index contributed by atoms with van der Waals surface area (Å²) in [4.78, 5) is 2.29. The molecular weight excluding hydrogens is 188 g/mol. The fraction of sp³-hybridized carbons (Fsp3) is 0.500. The summed E-state index contributed by atoms with van der Waals surface area (Å²) in [7, 11) is 0. The summed E-state index contributed by atoms with van der Waals surface area (Å²) in [6, 6.07) is 6.32. The molecule has 0 radical (unpaired) electrons. The number of aryl methyl sites for hydroxylation is 1. The van der Waals surface area contributed by atoms with Gasteiger partial charge < -0.3 is 15.4 Å². The van der Waals surface area contributed by atoms with Gasteiger partial charge >= 0.3 is 0 Å². The SMILES string of the molecule is Cc1ccc2c(c1)OC(C)CN2CCN. The van der Waals surface area contributed by atoms with E-state index in [1.165, 1.54) is 11.3 Å². The number of hydrogen-bond acceptors (Lipinski definition) is 3. The molecule has 0 bridgehead atoms. The first-order chi connectivity index (χ1) is 7.20. The van der Waals surface area contributed by atoms with Crippen LogP contribution >= 0.6 is 0 Å². The molecule has 1 aromatic carbocycles. The molecule has 2 N–H and O–H groups in total. The predicted octanol–water partition coefficient (Wildman–Crippen LogP) is 1.54. The van der Waals surface area contributed by atoms with Gasteiger partial charge in [0.05, 0.1) is 12.2 Å². The van der Waals surface area contributed by atoms with Gasteiger partial charge in [-0.2, -0.15) is 0 Å². The first kappa shape index (κ1) is 10.3. The Labute approximate surface area is 90.8 Å². The molecule has 2 rings (SSSR count). The maximum atomic E-state index is 5.81. The second-order valence-corrected chi connectivity index (χ2v) is 4.13. The minimum absolute atomic E-state index is 0.242. The number of benzene rings is 1. The van der Waals surface area contributed by atoms with E-state index in [1.807, 2.05) is 0 Å². The van der Waals surface area contributed by atoms with Crippen molar-refractivity contribution in [1.82, 2.24) is 0 Å². The summed E-state index contributed by atoms with van der Waals surface area (Å²) in [6.45, 7) is 6.67. The monoisotopic (exact) mass is 206 g/mol. The molecule has 1 heterocycles. The van der Waals surface area contributed by atoms with Crippen LogP contribution in [0.15, 0.2) is 18.2 Å². The molecule has 1 aliphatic rings. The zero-order chi connectivity index (χ0) is 10.8. The van der Waals surface area contributed by atoms with Crippen LogP contribution in [0.25, 0.3) is 0 Å². The molecule has 1 unspecified atom stereocenters. The molecule has 0 amide bonds. The number of fused-ring (bicyclic) bond motifs is 1. The van der Waals surface area contributed by atoms with Gasteiger partial charge in [0.15, 0.2) is 0 Å². The van der Waals surface area contributed by atoms with Crippen molar-refractivity contribution >= 4 is 5.69 Å². The molecule has 0 aliphatic carbocycles. The number of nitrogens with zero attached hydrogens (tertiary/aromatic N) is 1. The molecule has 1 aromatic rings. The highest BCUT2D eigenvalue weighted by atomic mass is 16.5. The van der Waals surface area contributed by atoms with Gasteiger partial charge in [0.25, 0.3) is 0 Å². The number of ether oxygens (including phenoxy) is 1. The number of hydrogen-bond donors (Lipinski definition) is 1. The van der Waals surface area contributed by atoms with Crippen LogP contribution in [-0.2, 0) is 0 Å². The Kier molecular flexibility index (Phi) is 2.82. The van der Waals surface area contributed by atoms with Crippen LogP contribution in [-0.4, -0.2) is 25.7 Å². The van der Waals surface area contributed by atoms with Crippen molar-refractivity contribution in [1.29, 1.82) is 0 Å². The third kappa shape index (κ3) is 2.07. The molecule has 0 spiro atoms. The van der Waals surface area contributed by atoms with Crippen LogP contribution in [0.3, 0.4) is 0 Å². The lowest BCUT2D eigenvalue weighted by molar-refractivity contribution is 0.213. The van der Waals surface area contributed by atoms with Crippen LogP contribution in [0.5, 0.6) is 5.75 Å². The van der Waals surface area contributed by atoms with Crippen molar-refractivity contribution in [2.75, 3.05) is 24.5 Å². The van der Waals surface area contributed by atoms with Crippen LogP contribution in [0.2, 0.25) is 0 Å². The summed E-state index contributed by atoms with van der Waals surface area (Å²) in [5.41, 5.74) is 8.01. The van der Waals surface area contributed by atoms with E-state index >= 15 is 0 Å². The standard InChI is InChI=1S/C12H18N2O/c1-9-3-4-11-12(7-9)15-10(2)8-14(11)6-5-13/h3-4,7,10H,5-6,8,13H2,1-2H3. The first-order valence-corrected chi connectivity index (χ1v) is 5.43. The lowest BCUT2D eigenvalue weighted by atomic mass is 10.1. The normalized spacial score (nSPS) is 19.7. The van der Waals surface area contributed by atoms with Crippen molar-refractivity contribution in [3.8, 4) is 5.75 Å². The maximum absolute atomic E-state index is 5.81. The van der Waals surface area contributed by atoms with Crippen molar-refractivity contribution in [3.63, 3.8) is 0 Å². The second-order valence-electron chi connectivity index (χ2n) is 4.13. The number of nitrogens with two attached hydrogens (primary N) is 1. The maximum Gasteiger partial charge on any atom is 0.143 e. The second kappa shape index (κ2) is 4.11. The van der Waals surface area contributed by atoms with E-state index in [0.717, 1.165) is 18.8 Å². The van der Waals surface area contributed by atoms with Crippen LogP contribution < -0.4 is 15.4 Å². The van der Waals surface area contributed by atoms with Crippen LogP contribution in [0.1, 0.15) is 12.5 Å². The molecule has 15 heavy (non-hydrogen) atoms. The number of anilines is 1. The van der Waals surface area contributed by atoms with E-state index in [4.69, 9.17) is 10.5 Å². The molecule has 0 saturated carbocycles. The average molecular weight is 206 g/mol. The van der Waals surface area contributed by atoms with Gasteiger partial charge in [-0.15, -0.1) is 0 Å². The smallest absolute Gasteiger partial charge is 0.143 e. The molecule has 0 saturated heterocycles. The minimum atomic E-state index is 0.242. The van der Waals surface area contributed by atoms with Crippen molar-refractivity contribution in [2.45, 2.75) is 20.0 Å².